The normalized spacial score (nSPS) is 25.4. The minimum Gasteiger partial charge on any atom is -0.497 e. The predicted molar refractivity (Wildman–Crippen MR) is 87.2 cm³/mol. The van der Waals surface area contributed by atoms with Crippen LogP contribution in [0.4, 0.5) is 4.39 Å². The fourth-order valence-corrected chi connectivity index (χ4v) is 3.37. The van der Waals surface area contributed by atoms with Crippen LogP contribution < -0.4 is 10.1 Å². The molecule has 1 saturated heterocycles. The Labute approximate surface area is 137 Å². The number of amides is 1. The van der Waals surface area contributed by atoms with Gasteiger partial charge in [-0.25, -0.2) is 4.39 Å². The van der Waals surface area contributed by atoms with Crippen LogP contribution in [0.5, 0.6) is 5.75 Å². The van der Waals surface area contributed by atoms with E-state index in [-0.39, 0.29) is 12.1 Å². The van der Waals surface area contributed by atoms with E-state index in [4.69, 9.17) is 4.74 Å². The van der Waals surface area contributed by atoms with Crippen LogP contribution in [0.15, 0.2) is 24.3 Å². The lowest BCUT2D eigenvalue weighted by Crippen LogP contribution is -2.46. The maximum absolute atomic E-state index is 13.9. The van der Waals surface area contributed by atoms with Crippen molar-refractivity contribution in [1.29, 1.82) is 0 Å². The summed E-state index contributed by atoms with van der Waals surface area (Å²) in [5, 5.41) is 2.92. The highest BCUT2D eigenvalue weighted by Gasteiger charge is 2.44. The first-order valence-corrected chi connectivity index (χ1v) is 8.29. The van der Waals surface area contributed by atoms with Crippen LogP contribution in [0, 0.1) is 0 Å². The van der Waals surface area contributed by atoms with Crippen molar-refractivity contribution in [2.24, 2.45) is 0 Å². The van der Waals surface area contributed by atoms with Crippen LogP contribution in [0.25, 0.3) is 0 Å². The second kappa shape index (κ2) is 6.11. The number of nitrogens with one attached hydrogen (secondary N) is 1. The summed E-state index contributed by atoms with van der Waals surface area (Å²) in [5.41, 5.74) is -0.734. The van der Waals surface area contributed by atoms with Crippen molar-refractivity contribution in [3.63, 3.8) is 0 Å². The number of rotatable bonds is 5. The highest BCUT2D eigenvalue weighted by Crippen LogP contribution is 2.41. The number of alkyl halides is 1. The number of hydrogen-bond donors (Lipinski definition) is 1. The average Bonchev–Trinajstić information content (AvgIpc) is 3.27. The molecule has 0 spiro atoms. The molecule has 1 heterocycles. The lowest BCUT2D eigenvalue weighted by atomic mass is 9.98. The summed E-state index contributed by atoms with van der Waals surface area (Å²) < 4.78 is 19.2. The molecule has 1 aliphatic heterocycles. The van der Waals surface area contributed by atoms with Gasteiger partial charge in [-0.2, -0.15) is 0 Å². The van der Waals surface area contributed by atoms with Crippen molar-refractivity contribution in [3.8, 4) is 5.75 Å². The van der Waals surface area contributed by atoms with E-state index in [1.165, 1.54) is 26.7 Å². The number of halogens is 1. The Bertz CT molecular complexity index is 581. The van der Waals surface area contributed by atoms with Crippen molar-refractivity contribution < 1.29 is 13.9 Å². The summed E-state index contributed by atoms with van der Waals surface area (Å²) in [6.45, 7) is 3.54. The van der Waals surface area contributed by atoms with E-state index >= 15 is 0 Å². The molecule has 1 aromatic carbocycles. The summed E-state index contributed by atoms with van der Waals surface area (Å²) >= 11 is 0. The van der Waals surface area contributed by atoms with Gasteiger partial charge in [0.25, 0.3) is 5.91 Å². The van der Waals surface area contributed by atoms with Crippen LogP contribution in [-0.4, -0.2) is 42.2 Å². The van der Waals surface area contributed by atoms with Crippen LogP contribution in [0.2, 0.25) is 0 Å². The molecule has 5 heteroatoms. The molecular formula is C18H25FN2O2. The second-order valence-electron chi connectivity index (χ2n) is 7.03. The zero-order chi connectivity index (χ0) is 16.6. The number of ether oxygens (including phenoxy) is 1. The molecule has 0 bridgehead atoms. The molecule has 1 N–H and O–H groups in total. The van der Waals surface area contributed by atoms with E-state index in [0.717, 1.165) is 24.3 Å². The van der Waals surface area contributed by atoms with Gasteiger partial charge in [-0.1, -0.05) is 12.1 Å². The third kappa shape index (κ3) is 3.50. The van der Waals surface area contributed by atoms with Gasteiger partial charge in [-0.15, -0.1) is 0 Å². The molecule has 2 fully saturated rings. The summed E-state index contributed by atoms with van der Waals surface area (Å²) in [4.78, 5) is 14.5. The Morgan fingerprint density at radius 3 is 2.70 bits per heavy atom. The first kappa shape index (κ1) is 16.2. The molecule has 3 rings (SSSR count). The van der Waals surface area contributed by atoms with Crippen molar-refractivity contribution in [2.45, 2.75) is 56.9 Å². The molecular weight excluding hydrogens is 295 g/mol. The molecule has 1 saturated carbocycles. The van der Waals surface area contributed by atoms with Crippen LogP contribution >= 0.6 is 0 Å². The molecule has 126 valence electrons. The second-order valence-corrected chi connectivity index (χ2v) is 7.03. The summed E-state index contributed by atoms with van der Waals surface area (Å²) in [7, 11) is 1.65. The average molecular weight is 320 g/mol. The Hall–Kier alpha value is -1.62. The van der Waals surface area contributed by atoms with Gasteiger partial charge in [-0.05, 0) is 50.8 Å². The van der Waals surface area contributed by atoms with Gasteiger partial charge in [0, 0.05) is 18.6 Å². The van der Waals surface area contributed by atoms with Gasteiger partial charge in [-0.3, -0.25) is 9.69 Å². The van der Waals surface area contributed by atoms with Crippen molar-refractivity contribution in [1.82, 2.24) is 10.2 Å². The fourth-order valence-electron chi connectivity index (χ4n) is 3.37. The molecule has 1 amide bonds. The molecule has 0 radical (unpaired) electrons. The molecule has 23 heavy (non-hydrogen) atoms. The van der Waals surface area contributed by atoms with Crippen molar-refractivity contribution >= 4 is 5.91 Å². The topological polar surface area (TPSA) is 41.6 Å². The van der Waals surface area contributed by atoms with Gasteiger partial charge >= 0.3 is 0 Å². The lowest BCUT2D eigenvalue weighted by molar-refractivity contribution is -0.131. The zero-order valence-electron chi connectivity index (χ0n) is 14.0. The van der Waals surface area contributed by atoms with Crippen LogP contribution in [0.1, 0.15) is 44.7 Å². The Morgan fingerprint density at radius 2 is 2.09 bits per heavy atom. The van der Waals surface area contributed by atoms with Gasteiger partial charge in [0.15, 0.2) is 5.67 Å². The molecule has 2 aliphatic rings. The number of methoxy groups -OCH3 is 1. The number of nitrogens with zero attached hydrogens (tertiary/aromatic N) is 1. The highest BCUT2D eigenvalue weighted by atomic mass is 19.1. The number of benzene rings is 1. The van der Waals surface area contributed by atoms with E-state index in [0.29, 0.717) is 6.04 Å². The molecule has 1 aliphatic carbocycles. The Balaban J connectivity index is 1.85. The van der Waals surface area contributed by atoms with E-state index in [1.807, 2.05) is 18.2 Å². The first-order chi connectivity index (χ1) is 10.9. The van der Waals surface area contributed by atoms with E-state index in [9.17, 15) is 9.18 Å². The van der Waals surface area contributed by atoms with Crippen LogP contribution in [0.3, 0.4) is 0 Å². The fraction of sp³-hybridized carbons (Fsp3) is 0.611. The van der Waals surface area contributed by atoms with E-state index in [1.54, 1.807) is 7.11 Å². The zero-order valence-corrected chi connectivity index (χ0v) is 14.0. The van der Waals surface area contributed by atoms with Gasteiger partial charge in [0.05, 0.1) is 13.2 Å². The predicted octanol–water partition coefficient (Wildman–Crippen LogP) is 2.84. The molecule has 2 atom stereocenters. The van der Waals surface area contributed by atoms with Crippen molar-refractivity contribution in [2.75, 3.05) is 13.7 Å². The minimum absolute atomic E-state index is 0.0646. The maximum Gasteiger partial charge on any atom is 0.257 e. The summed E-state index contributed by atoms with van der Waals surface area (Å²) in [5.74, 6) is 0.272. The molecule has 0 aromatic heterocycles. The third-order valence-electron chi connectivity index (χ3n) is 4.74. The third-order valence-corrected chi connectivity index (χ3v) is 4.74. The quantitative estimate of drug-likeness (QED) is 0.907. The van der Waals surface area contributed by atoms with Gasteiger partial charge in [0.2, 0.25) is 0 Å². The lowest BCUT2D eigenvalue weighted by Gasteiger charge is -2.30. The Kier molecular flexibility index (Phi) is 4.32. The number of carbonyl (C=O) groups is 1. The number of likely N-dealkylation sites (tertiary alicyclic amines) is 1. The summed E-state index contributed by atoms with van der Waals surface area (Å²) in [6.07, 6.45) is 3.26. The standard InChI is InChI=1S/C18H25FN2O2/c1-18(2,19)17(22)20-15-9-10-21(13-7-8-13)16(15)12-5-4-6-14(11-12)23-3/h4-6,11,13,15-16H,7-10H2,1-3H3,(H,20,22)/t15-,16-/m1/s1. The van der Waals surface area contributed by atoms with Gasteiger partial charge in [0.1, 0.15) is 5.75 Å². The first-order valence-electron chi connectivity index (χ1n) is 8.29. The van der Waals surface area contributed by atoms with E-state index < -0.39 is 11.6 Å². The minimum atomic E-state index is -1.86. The van der Waals surface area contributed by atoms with Gasteiger partial charge < -0.3 is 10.1 Å². The monoisotopic (exact) mass is 320 g/mol. The van der Waals surface area contributed by atoms with Crippen molar-refractivity contribution in [3.05, 3.63) is 29.8 Å². The molecule has 4 nitrogen and oxygen atoms in total. The SMILES string of the molecule is COc1cccc([C@@H]2[C@H](NC(=O)C(C)(C)F)CCN2C2CC2)c1. The molecule has 0 unspecified atom stereocenters. The maximum atomic E-state index is 13.9. The largest absolute Gasteiger partial charge is 0.497 e. The highest BCUT2D eigenvalue weighted by molar-refractivity contribution is 5.84. The summed E-state index contributed by atoms with van der Waals surface area (Å²) in [6, 6.07) is 8.58. The Morgan fingerprint density at radius 1 is 1.35 bits per heavy atom. The van der Waals surface area contributed by atoms with E-state index in [2.05, 4.69) is 16.3 Å². The molecule has 1 aromatic rings. The number of hydrogen-bond acceptors (Lipinski definition) is 3. The smallest absolute Gasteiger partial charge is 0.257 e. The van der Waals surface area contributed by atoms with Crippen LogP contribution in [-0.2, 0) is 4.79 Å². The number of carbonyl (C=O) groups excluding carboxylic acids is 1.